The van der Waals surface area contributed by atoms with Gasteiger partial charge in [-0.25, -0.2) is 4.98 Å². The fourth-order valence-electron chi connectivity index (χ4n) is 1.25. The first kappa shape index (κ1) is 10.7. The molecular formula is C10H14N2O2. The van der Waals surface area contributed by atoms with Gasteiger partial charge in [-0.05, 0) is 25.0 Å². The molecule has 14 heavy (non-hydrogen) atoms. The summed E-state index contributed by atoms with van der Waals surface area (Å²) in [4.78, 5) is 15.5. The standard InChI is InChI=1S/C10H14N2O2/c1-3-7(13)9(14)8-6(2)4-5-12-10(8)11/h4-5,7,13H,3H2,1-2H3,(H2,11,12). The van der Waals surface area contributed by atoms with Gasteiger partial charge in [-0.3, -0.25) is 4.79 Å². The molecule has 76 valence electrons. The number of nitrogen functional groups attached to an aromatic ring is 1. The summed E-state index contributed by atoms with van der Waals surface area (Å²) in [7, 11) is 0. The number of aromatic nitrogens is 1. The average molecular weight is 194 g/mol. The highest BCUT2D eigenvalue weighted by molar-refractivity contribution is 6.03. The molecule has 0 saturated heterocycles. The lowest BCUT2D eigenvalue weighted by molar-refractivity contribution is 0.0740. The quantitative estimate of drug-likeness (QED) is 0.702. The predicted octanol–water partition coefficient (Wildman–Crippen LogP) is 0.926. The van der Waals surface area contributed by atoms with Gasteiger partial charge >= 0.3 is 0 Å². The number of ketones is 1. The SMILES string of the molecule is CCC(O)C(=O)c1c(C)ccnc1N. The molecule has 3 N–H and O–H groups in total. The molecule has 0 aliphatic heterocycles. The van der Waals surface area contributed by atoms with Crippen molar-refractivity contribution in [3.8, 4) is 0 Å². The number of carbonyl (C=O) groups is 1. The number of carbonyl (C=O) groups excluding carboxylic acids is 1. The number of rotatable bonds is 3. The Morgan fingerprint density at radius 1 is 1.71 bits per heavy atom. The van der Waals surface area contributed by atoms with E-state index in [1.54, 1.807) is 26.1 Å². The molecule has 0 saturated carbocycles. The minimum atomic E-state index is -0.986. The van der Waals surface area contributed by atoms with E-state index in [0.717, 1.165) is 5.56 Å². The van der Waals surface area contributed by atoms with E-state index in [0.29, 0.717) is 12.0 Å². The summed E-state index contributed by atoms with van der Waals surface area (Å²) in [5, 5.41) is 9.40. The summed E-state index contributed by atoms with van der Waals surface area (Å²) in [6.45, 7) is 3.51. The van der Waals surface area contributed by atoms with E-state index >= 15 is 0 Å². The van der Waals surface area contributed by atoms with Crippen molar-refractivity contribution in [3.05, 3.63) is 23.4 Å². The van der Waals surface area contributed by atoms with E-state index in [2.05, 4.69) is 4.98 Å². The molecule has 0 aliphatic rings. The fraction of sp³-hybridized carbons (Fsp3) is 0.400. The maximum atomic E-state index is 11.6. The molecule has 1 aromatic rings. The second kappa shape index (κ2) is 4.19. The highest BCUT2D eigenvalue weighted by atomic mass is 16.3. The van der Waals surface area contributed by atoms with Crippen LogP contribution in [0.2, 0.25) is 0 Å². The number of Topliss-reactive ketones (excluding diaryl/α,β-unsaturated/α-hetero) is 1. The third kappa shape index (κ3) is 1.90. The van der Waals surface area contributed by atoms with E-state index in [1.807, 2.05) is 0 Å². The maximum absolute atomic E-state index is 11.6. The van der Waals surface area contributed by atoms with Gasteiger partial charge in [0.2, 0.25) is 0 Å². The van der Waals surface area contributed by atoms with E-state index in [1.165, 1.54) is 0 Å². The molecule has 0 aliphatic carbocycles. The Hall–Kier alpha value is -1.42. The Bertz CT molecular complexity index is 330. The van der Waals surface area contributed by atoms with Gasteiger partial charge in [0.15, 0.2) is 5.78 Å². The van der Waals surface area contributed by atoms with Crippen molar-refractivity contribution in [2.24, 2.45) is 0 Å². The lowest BCUT2D eigenvalue weighted by atomic mass is 10.0. The van der Waals surface area contributed by atoms with Crippen molar-refractivity contribution in [1.82, 2.24) is 4.98 Å². The zero-order chi connectivity index (χ0) is 10.7. The molecule has 1 heterocycles. The van der Waals surface area contributed by atoms with Crippen molar-refractivity contribution in [2.45, 2.75) is 26.4 Å². The van der Waals surface area contributed by atoms with Gasteiger partial charge in [0.1, 0.15) is 11.9 Å². The average Bonchev–Trinajstić information content (AvgIpc) is 2.16. The second-order valence-electron chi connectivity index (χ2n) is 3.18. The van der Waals surface area contributed by atoms with E-state index in [-0.39, 0.29) is 11.6 Å². The molecule has 0 amide bonds. The number of aliphatic hydroxyl groups is 1. The number of nitrogens with two attached hydrogens (primary N) is 1. The summed E-state index contributed by atoms with van der Waals surface area (Å²) in [5.74, 6) is -0.168. The number of aliphatic hydroxyl groups excluding tert-OH is 1. The van der Waals surface area contributed by atoms with Gasteiger partial charge in [0.25, 0.3) is 0 Å². The number of nitrogens with zero attached hydrogens (tertiary/aromatic N) is 1. The molecule has 0 radical (unpaired) electrons. The molecule has 1 rings (SSSR count). The number of hydrogen-bond acceptors (Lipinski definition) is 4. The molecular weight excluding hydrogens is 180 g/mol. The Balaban J connectivity index is 3.12. The summed E-state index contributed by atoms with van der Waals surface area (Å²) < 4.78 is 0. The van der Waals surface area contributed by atoms with Gasteiger partial charge in [-0.1, -0.05) is 6.92 Å². The normalized spacial score (nSPS) is 12.5. The Kier molecular flexibility index (Phi) is 3.19. The third-order valence-electron chi connectivity index (χ3n) is 2.12. The number of hydrogen-bond donors (Lipinski definition) is 2. The van der Waals surface area contributed by atoms with Crippen LogP contribution in [0.25, 0.3) is 0 Å². The van der Waals surface area contributed by atoms with Gasteiger partial charge in [-0.15, -0.1) is 0 Å². The first-order chi connectivity index (χ1) is 6.57. The largest absolute Gasteiger partial charge is 0.385 e. The molecule has 4 nitrogen and oxygen atoms in total. The highest BCUT2D eigenvalue weighted by Crippen LogP contribution is 2.16. The van der Waals surface area contributed by atoms with Gasteiger partial charge in [0, 0.05) is 6.20 Å². The monoisotopic (exact) mass is 194 g/mol. The second-order valence-corrected chi connectivity index (χ2v) is 3.18. The lowest BCUT2D eigenvalue weighted by Crippen LogP contribution is -2.22. The van der Waals surface area contributed by atoms with Crippen LogP contribution in [0.3, 0.4) is 0 Å². The smallest absolute Gasteiger partial charge is 0.195 e. The maximum Gasteiger partial charge on any atom is 0.195 e. The van der Waals surface area contributed by atoms with Crippen LogP contribution in [-0.4, -0.2) is 22.0 Å². The molecule has 4 heteroatoms. The third-order valence-corrected chi connectivity index (χ3v) is 2.12. The number of aryl methyl sites for hydroxylation is 1. The van der Waals surface area contributed by atoms with E-state index in [4.69, 9.17) is 5.73 Å². The first-order valence-electron chi connectivity index (χ1n) is 4.51. The van der Waals surface area contributed by atoms with Gasteiger partial charge in [0.05, 0.1) is 5.56 Å². The molecule has 1 aromatic heterocycles. The van der Waals surface area contributed by atoms with Crippen molar-refractivity contribution < 1.29 is 9.90 Å². The van der Waals surface area contributed by atoms with Crippen molar-refractivity contribution >= 4 is 11.6 Å². The van der Waals surface area contributed by atoms with Gasteiger partial charge in [-0.2, -0.15) is 0 Å². The minimum absolute atomic E-state index is 0.183. The zero-order valence-corrected chi connectivity index (χ0v) is 8.32. The van der Waals surface area contributed by atoms with Crippen LogP contribution in [-0.2, 0) is 0 Å². The van der Waals surface area contributed by atoms with Crippen LogP contribution >= 0.6 is 0 Å². The van der Waals surface area contributed by atoms with Crippen LogP contribution in [0, 0.1) is 6.92 Å². The molecule has 1 atom stereocenters. The Labute approximate surface area is 82.8 Å². The predicted molar refractivity (Wildman–Crippen MR) is 54.0 cm³/mol. The fourth-order valence-corrected chi connectivity index (χ4v) is 1.25. The number of anilines is 1. The molecule has 0 aromatic carbocycles. The van der Waals surface area contributed by atoms with Crippen LogP contribution < -0.4 is 5.73 Å². The molecule has 0 fully saturated rings. The van der Waals surface area contributed by atoms with Crippen LogP contribution in [0.1, 0.15) is 29.3 Å². The van der Waals surface area contributed by atoms with E-state index in [9.17, 15) is 9.90 Å². The first-order valence-corrected chi connectivity index (χ1v) is 4.51. The summed E-state index contributed by atoms with van der Waals surface area (Å²) in [5.41, 5.74) is 6.65. The number of pyridine rings is 1. The van der Waals surface area contributed by atoms with Crippen LogP contribution in [0.4, 0.5) is 5.82 Å². The molecule has 0 bridgehead atoms. The summed E-state index contributed by atoms with van der Waals surface area (Å²) in [6.07, 6.45) is 0.937. The van der Waals surface area contributed by atoms with Crippen molar-refractivity contribution in [3.63, 3.8) is 0 Å². The molecule has 1 unspecified atom stereocenters. The lowest BCUT2D eigenvalue weighted by Gasteiger charge is -2.10. The van der Waals surface area contributed by atoms with Gasteiger partial charge < -0.3 is 10.8 Å². The van der Waals surface area contributed by atoms with Crippen LogP contribution in [0.15, 0.2) is 12.3 Å². The highest BCUT2D eigenvalue weighted by Gasteiger charge is 2.19. The van der Waals surface area contributed by atoms with Crippen molar-refractivity contribution in [2.75, 3.05) is 5.73 Å². The zero-order valence-electron chi connectivity index (χ0n) is 8.32. The summed E-state index contributed by atoms with van der Waals surface area (Å²) >= 11 is 0. The minimum Gasteiger partial charge on any atom is -0.385 e. The Morgan fingerprint density at radius 2 is 2.36 bits per heavy atom. The van der Waals surface area contributed by atoms with Crippen LogP contribution in [0.5, 0.6) is 0 Å². The van der Waals surface area contributed by atoms with E-state index < -0.39 is 6.10 Å². The topological polar surface area (TPSA) is 76.2 Å². The summed E-state index contributed by atoms with van der Waals surface area (Å²) in [6, 6.07) is 1.70. The Morgan fingerprint density at radius 3 is 2.86 bits per heavy atom. The molecule has 0 spiro atoms. The van der Waals surface area contributed by atoms with Crippen molar-refractivity contribution in [1.29, 1.82) is 0 Å².